The van der Waals surface area contributed by atoms with Crippen molar-refractivity contribution in [3.8, 4) is 22.4 Å². The van der Waals surface area contributed by atoms with Gasteiger partial charge in [-0.25, -0.2) is 8.78 Å². The van der Waals surface area contributed by atoms with Gasteiger partial charge in [0, 0.05) is 30.5 Å². The molecule has 0 spiro atoms. The molecule has 37 heavy (non-hydrogen) atoms. The van der Waals surface area contributed by atoms with E-state index in [1.165, 1.54) is 6.92 Å². The molecular formula is C29H32F2N4O2. The highest BCUT2D eigenvalue weighted by Gasteiger charge is 2.24. The molecule has 1 saturated carbocycles. The summed E-state index contributed by atoms with van der Waals surface area (Å²) in [5.41, 5.74) is 9.72. The minimum Gasteiger partial charge on any atom is -0.354 e. The molecule has 1 heterocycles. The highest BCUT2D eigenvalue weighted by atomic mass is 19.3. The molecule has 2 amide bonds. The average Bonchev–Trinajstić information content (AvgIpc) is 2.89. The molecule has 1 aromatic heterocycles. The third-order valence-electron chi connectivity index (χ3n) is 6.82. The predicted molar refractivity (Wildman–Crippen MR) is 141 cm³/mol. The lowest BCUT2D eigenvalue weighted by Crippen LogP contribution is -2.36. The van der Waals surface area contributed by atoms with Crippen molar-refractivity contribution >= 4 is 17.5 Å². The van der Waals surface area contributed by atoms with E-state index in [0.717, 1.165) is 42.4 Å². The predicted octanol–water partition coefficient (Wildman–Crippen LogP) is 5.70. The Balaban J connectivity index is 1.50. The van der Waals surface area contributed by atoms with Crippen LogP contribution in [0.1, 0.15) is 50.6 Å². The number of carbonyl (C=O) groups excluding carboxylic acids is 2. The molecule has 0 saturated heterocycles. The first-order chi connectivity index (χ1) is 17.8. The van der Waals surface area contributed by atoms with Crippen LogP contribution in [-0.4, -0.2) is 29.3 Å². The van der Waals surface area contributed by atoms with Crippen molar-refractivity contribution in [1.82, 2.24) is 10.3 Å². The molecule has 1 aliphatic rings. The molecule has 1 aliphatic carbocycles. The van der Waals surface area contributed by atoms with Crippen LogP contribution in [0.15, 0.2) is 66.9 Å². The highest BCUT2D eigenvalue weighted by Crippen LogP contribution is 2.34. The van der Waals surface area contributed by atoms with Crippen LogP contribution in [0.25, 0.3) is 22.4 Å². The van der Waals surface area contributed by atoms with Crippen molar-refractivity contribution in [3.63, 3.8) is 0 Å². The number of nitrogens with one attached hydrogen (secondary N) is 2. The number of anilines is 1. The van der Waals surface area contributed by atoms with E-state index in [4.69, 9.17) is 5.73 Å². The van der Waals surface area contributed by atoms with Gasteiger partial charge in [-0.2, -0.15) is 0 Å². The fourth-order valence-corrected chi connectivity index (χ4v) is 4.88. The van der Waals surface area contributed by atoms with E-state index in [1.54, 1.807) is 30.5 Å². The molecule has 2 aromatic carbocycles. The van der Waals surface area contributed by atoms with Gasteiger partial charge in [0.05, 0.1) is 23.6 Å². The van der Waals surface area contributed by atoms with Crippen LogP contribution in [0.2, 0.25) is 0 Å². The summed E-state index contributed by atoms with van der Waals surface area (Å²) in [6, 6.07) is 17.1. The van der Waals surface area contributed by atoms with Gasteiger partial charge in [0.2, 0.25) is 11.8 Å². The Morgan fingerprint density at radius 1 is 1.00 bits per heavy atom. The Morgan fingerprint density at radius 2 is 1.68 bits per heavy atom. The van der Waals surface area contributed by atoms with Gasteiger partial charge in [0.25, 0.3) is 6.43 Å². The smallest absolute Gasteiger partial charge is 0.257 e. The number of hydrogen-bond acceptors (Lipinski definition) is 4. The van der Waals surface area contributed by atoms with Crippen LogP contribution < -0.4 is 16.4 Å². The summed E-state index contributed by atoms with van der Waals surface area (Å²) in [5.74, 6) is 0.199. The summed E-state index contributed by atoms with van der Waals surface area (Å²) in [5, 5.41) is 5.95. The van der Waals surface area contributed by atoms with Crippen LogP contribution in [0.5, 0.6) is 0 Å². The van der Waals surface area contributed by atoms with Crippen molar-refractivity contribution in [2.45, 2.75) is 57.5 Å². The minimum absolute atomic E-state index is 0.0148. The van der Waals surface area contributed by atoms with Crippen LogP contribution >= 0.6 is 0 Å². The molecule has 4 N–H and O–H groups in total. The lowest BCUT2D eigenvalue weighted by molar-refractivity contribution is -0.120. The van der Waals surface area contributed by atoms with Crippen molar-refractivity contribution in [2.75, 3.05) is 5.32 Å². The summed E-state index contributed by atoms with van der Waals surface area (Å²) in [4.78, 5) is 28.7. The van der Waals surface area contributed by atoms with Gasteiger partial charge in [-0.05, 0) is 48.8 Å². The summed E-state index contributed by atoms with van der Waals surface area (Å²) in [6.07, 6.45) is 2.96. The molecule has 3 aromatic rings. The second kappa shape index (κ2) is 12.1. The third-order valence-corrected chi connectivity index (χ3v) is 6.82. The molecule has 1 fully saturated rings. The topological polar surface area (TPSA) is 97.1 Å². The van der Waals surface area contributed by atoms with E-state index < -0.39 is 12.5 Å². The van der Waals surface area contributed by atoms with Crippen molar-refractivity contribution in [1.29, 1.82) is 0 Å². The average molecular weight is 507 g/mol. The number of alkyl halides is 2. The van der Waals surface area contributed by atoms with E-state index in [1.807, 2.05) is 36.4 Å². The number of halogens is 2. The fraction of sp³-hybridized carbons (Fsp3) is 0.345. The summed E-state index contributed by atoms with van der Waals surface area (Å²) < 4.78 is 26.0. The number of carbonyl (C=O) groups is 2. The van der Waals surface area contributed by atoms with Crippen molar-refractivity contribution in [3.05, 3.63) is 72.4 Å². The Kier molecular flexibility index (Phi) is 8.61. The number of aromatic nitrogens is 1. The first kappa shape index (κ1) is 26.4. The van der Waals surface area contributed by atoms with E-state index in [9.17, 15) is 18.4 Å². The molecule has 0 bridgehead atoms. The molecule has 1 unspecified atom stereocenters. The SMILES string of the molecule is CC(=O)NC1CCC(CC(=O)Nc2cnc(-c3ccc(C(N)C(F)F)cc3)c(-c3ccccc3)c2)CC1. The number of pyridine rings is 1. The Hall–Kier alpha value is -3.65. The van der Waals surface area contributed by atoms with Crippen molar-refractivity contribution < 1.29 is 18.4 Å². The van der Waals surface area contributed by atoms with Gasteiger partial charge in [-0.1, -0.05) is 54.6 Å². The third kappa shape index (κ3) is 6.98. The zero-order valence-corrected chi connectivity index (χ0v) is 20.8. The number of hydrogen-bond donors (Lipinski definition) is 3. The molecule has 8 heteroatoms. The zero-order chi connectivity index (χ0) is 26.4. The number of rotatable bonds is 8. The largest absolute Gasteiger partial charge is 0.354 e. The van der Waals surface area contributed by atoms with Crippen LogP contribution in [0.3, 0.4) is 0 Å². The Labute approximate surface area is 215 Å². The number of benzene rings is 2. The zero-order valence-electron chi connectivity index (χ0n) is 20.8. The molecule has 0 aliphatic heterocycles. The molecule has 194 valence electrons. The first-order valence-corrected chi connectivity index (χ1v) is 12.6. The second-order valence-electron chi connectivity index (χ2n) is 9.64. The Bertz CT molecular complexity index is 1210. The molecule has 0 radical (unpaired) electrons. The summed E-state index contributed by atoms with van der Waals surface area (Å²) >= 11 is 0. The van der Waals surface area contributed by atoms with Gasteiger partial charge in [0.1, 0.15) is 0 Å². The van der Waals surface area contributed by atoms with Gasteiger partial charge >= 0.3 is 0 Å². The van der Waals surface area contributed by atoms with Crippen LogP contribution in [0, 0.1) is 5.92 Å². The monoisotopic (exact) mass is 506 g/mol. The summed E-state index contributed by atoms with van der Waals surface area (Å²) in [6.45, 7) is 1.53. The number of nitrogens with zero attached hydrogens (tertiary/aromatic N) is 1. The standard InChI is InChI=1S/C29H32F2N4O2/c1-18(36)34-23-13-7-19(8-14-23)15-26(37)35-24-16-25(20-5-3-2-4-6-20)28(33-17-24)22-11-9-21(10-12-22)27(32)29(30)31/h2-6,9-12,16-17,19,23,27,29H,7-8,13-15,32H2,1H3,(H,34,36)(H,35,37). The number of amides is 2. The maximum Gasteiger partial charge on any atom is 0.257 e. The molecular weight excluding hydrogens is 474 g/mol. The van der Waals surface area contributed by atoms with E-state index in [0.29, 0.717) is 23.4 Å². The maximum absolute atomic E-state index is 13.0. The first-order valence-electron chi connectivity index (χ1n) is 12.6. The van der Waals surface area contributed by atoms with Gasteiger partial charge in [0.15, 0.2) is 0 Å². The molecule has 6 nitrogen and oxygen atoms in total. The normalized spacial score (nSPS) is 18.3. The number of nitrogens with two attached hydrogens (primary N) is 1. The lowest BCUT2D eigenvalue weighted by Gasteiger charge is -2.28. The van der Waals surface area contributed by atoms with Crippen LogP contribution in [-0.2, 0) is 9.59 Å². The summed E-state index contributed by atoms with van der Waals surface area (Å²) in [7, 11) is 0. The second-order valence-corrected chi connectivity index (χ2v) is 9.64. The van der Waals surface area contributed by atoms with Gasteiger partial charge in [-0.3, -0.25) is 14.6 Å². The van der Waals surface area contributed by atoms with Crippen molar-refractivity contribution in [2.24, 2.45) is 11.7 Å². The Morgan fingerprint density at radius 3 is 2.30 bits per heavy atom. The van der Waals surface area contributed by atoms with E-state index in [-0.39, 0.29) is 23.8 Å². The van der Waals surface area contributed by atoms with E-state index >= 15 is 0 Å². The fourth-order valence-electron chi connectivity index (χ4n) is 4.88. The minimum atomic E-state index is -2.64. The maximum atomic E-state index is 13.0. The molecule has 1 atom stereocenters. The lowest BCUT2D eigenvalue weighted by atomic mass is 9.84. The van der Waals surface area contributed by atoms with E-state index in [2.05, 4.69) is 15.6 Å². The molecule has 4 rings (SSSR count). The van der Waals surface area contributed by atoms with Gasteiger partial charge < -0.3 is 16.4 Å². The quantitative estimate of drug-likeness (QED) is 0.365. The van der Waals surface area contributed by atoms with Crippen LogP contribution in [0.4, 0.5) is 14.5 Å². The highest BCUT2D eigenvalue weighted by molar-refractivity contribution is 5.93. The van der Waals surface area contributed by atoms with Gasteiger partial charge in [-0.15, -0.1) is 0 Å².